The third-order valence-electron chi connectivity index (χ3n) is 7.57. The molecule has 0 rings (SSSR count). The van der Waals surface area contributed by atoms with Gasteiger partial charge < -0.3 is 28.6 Å². The Balaban J connectivity index is 4.63. The van der Waals surface area contributed by atoms with Crippen molar-refractivity contribution in [1.29, 1.82) is 0 Å². The number of allylic oxidation sites excluding steroid dienone is 18. The predicted octanol–water partition coefficient (Wildman–Crippen LogP) is 8.40. The zero-order valence-corrected chi connectivity index (χ0v) is 32.7. The van der Waals surface area contributed by atoms with Crippen LogP contribution in [0.3, 0.4) is 0 Å². The molecular weight excluding hydrogens is 654 g/mol. The number of quaternary nitrogens is 1. The third-order valence-corrected chi connectivity index (χ3v) is 7.57. The van der Waals surface area contributed by atoms with Crippen molar-refractivity contribution in [3.8, 4) is 0 Å². The van der Waals surface area contributed by atoms with Crippen LogP contribution in [0.15, 0.2) is 109 Å². The van der Waals surface area contributed by atoms with Crippen molar-refractivity contribution < 1.29 is 38.2 Å². The summed E-state index contributed by atoms with van der Waals surface area (Å²) in [4.78, 5) is 36.6. The molecule has 0 aliphatic rings. The Hall–Kier alpha value is -4.01. The van der Waals surface area contributed by atoms with Crippen molar-refractivity contribution >= 4 is 17.9 Å². The number of carboxylic acids is 1. The molecule has 0 bridgehead atoms. The van der Waals surface area contributed by atoms with Crippen molar-refractivity contribution in [3.05, 3.63) is 109 Å². The Morgan fingerprint density at radius 3 is 1.73 bits per heavy atom. The molecule has 290 valence electrons. The summed E-state index contributed by atoms with van der Waals surface area (Å²) in [6.45, 7) is 4.24. The SMILES string of the molecule is CC/C=C/C=C/C=C/C=C/C=C/C=C/CCCCCC(=O)OC(COCCC(C(=O)[O-])[N+](C)(C)C)COC(=O)CCC/C=C/C/C=C/C/C=C/CC. The molecule has 8 nitrogen and oxygen atoms in total. The molecule has 0 aromatic carbocycles. The second-order valence-electron chi connectivity index (χ2n) is 13.2. The van der Waals surface area contributed by atoms with Gasteiger partial charge in [0.05, 0.1) is 40.3 Å². The third kappa shape index (κ3) is 31.9. The van der Waals surface area contributed by atoms with Crippen LogP contribution in [0.25, 0.3) is 0 Å². The molecule has 0 aromatic heterocycles. The summed E-state index contributed by atoms with van der Waals surface area (Å²) < 4.78 is 17.0. The molecule has 0 saturated carbocycles. The Labute approximate surface area is 315 Å². The maximum Gasteiger partial charge on any atom is 0.306 e. The summed E-state index contributed by atoms with van der Waals surface area (Å²) in [5.41, 5.74) is 0. The van der Waals surface area contributed by atoms with E-state index in [1.807, 2.05) is 60.8 Å². The molecule has 0 heterocycles. The average Bonchev–Trinajstić information content (AvgIpc) is 3.09. The van der Waals surface area contributed by atoms with E-state index in [0.29, 0.717) is 12.8 Å². The van der Waals surface area contributed by atoms with E-state index >= 15 is 0 Å². The highest BCUT2D eigenvalue weighted by Gasteiger charge is 2.25. The van der Waals surface area contributed by atoms with Gasteiger partial charge in [0.25, 0.3) is 0 Å². The van der Waals surface area contributed by atoms with Crippen LogP contribution in [0, 0.1) is 0 Å². The van der Waals surface area contributed by atoms with E-state index < -0.39 is 18.1 Å². The van der Waals surface area contributed by atoms with Gasteiger partial charge in [0, 0.05) is 19.3 Å². The maximum absolute atomic E-state index is 12.6. The Bertz CT molecular complexity index is 1210. The van der Waals surface area contributed by atoms with Crippen LogP contribution < -0.4 is 5.11 Å². The standard InChI is InChI=1S/C44H67NO7/c1-6-8-10-12-14-16-18-19-20-21-22-23-25-27-29-31-33-35-43(47)52-40(38-50-37-36-41(44(48)49)45(3,4)5)39-51-42(46)34-32-30-28-26-24-17-15-13-11-9-7-2/h8-12,14-23,25-26,28,40-41H,6-7,13,24,27,29-39H2,1-5H3/b10-8+,11-9+,14-12+,17-15+,18-16+,20-19+,22-21+,25-23+,28-26+. The summed E-state index contributed by atoms with van der Waals surface area (Å²) in [6, 6.07) is -0.747. The fraction of sp³-hybridized carbons (Fsp3) is 0.523. The number of esters is 2. The number of hydrogen-bond donors (Lipinski definition) is 0. The molecule has 0 aliphatic carbocycles. The largest absolute Gasteiger partial charge is 0.544 e. The lowest BCUT2D eigenvalue weighted by Crippen LogP contribution is -2.55. The number of carbonyl (C=O) groups excluding carboxylic acids is 3. The molecule has 0 aliphatic heterocycles. The van der Waals surface area contributed by atoms with Crippen molar-refractivity contribution in [3.63, 3.8) is 0 Å². The van der Waals surface area contributed by atoms with E-state index in [1.165, 1.54) is 0 Å². The molecule has 52 heavy (non-hydrogen) atoms. The van der Waals surface area contributed by atoms with Crippen molar-refractivity contribution in [2.24, 2.45) is 0 Å². The van der Waals surface area contributed by atoms with Gasteiger partial charge in [0.2, 0.25) is 0 Å². The van der Waals surface area contributed by atoms with E-state index in [4.69, 9.17) is 14.2 Å². The summed E-state index contributed by atoms with van der Waals surface area (Å²) in [7, 11) is 5.35. The number of aliphatic carboxylic acids is 1. The highest BCUT2D eigenvalue weighted by atomic mass is 16.6. The molecule has 0 amide bonds. The van der Waals surface area contributed by atoms with Gasteiger partial charge >= 0.3 is 11.9 Å². The molecule has 0 fully saturated rings. The highest BCUT2D eigenvalue weighted by molar-refractivity contribution is 5.70. The van der Waals surface area contributed by atoms with Crippen molar-refractivity contribution in [2.45, 2.75) is 109 Å². The number of nitrogens with zero attached hydrogens (tertiary/aromatic N) is 1. The maximum atomic E-state index is 12.6. The Morgan fingerprint density at radius 1 is 0.596 bits per heavy atom. The zero-order valence-electron chi connectivity index (χ0n) is 32.7. The summed E-state index contributed by atoms with van der Waals surface area (Å²) >= 11 is 0. The minimum Gasteiger partial charge on any atom is -0.544 e. The first-order valence-corrected chi connectivity index (χ1v) is 19.0. The lowest BCUT2D eigenvalue weighted by molar-refractivity contribution is -0.889. The summed E-state index contributed by atoms with van der Waals surface area (Å²) in [6.07, 6.45) is 45.6. The van der Waals surface area contributed by atoms with Crippen LogP contribution in [0.5, 0.6) is 0 Å². The molecule has 0 aromatic rings. The van der Waals surface area contributed by atoms with Crippen LogP contribution in [-0.4, -0.2) is 75.5 Å². The first kappa shape index (κ1) is 48.0. The molecule has 8 heteroatoms. The minimum atomic E-state index is -1.15. The molecule has 0 radical (unpaired) electrons. The lowest BCUT2D eigenvalue weighted by atomic mass is 10.1. The fourth-order valence-electron chi connectivity index (χ4n) is 4.65. The number of hydrogen-bond acceptors (Lipinski definition) is 7. The molecule has 2 unspecified atom stereocenters. The Kier molecular flexibility index (Phi) is 31.5. The van der Waals surface area contributed by atoms with Gasteiger partial charge in [-0.3, -0.25) is 9.59 Å². The number of likely N-dealkylation sites (N-methyl/N-ethyl adjacent to an activating group) is 1. The number of rotatable bonds is 31. The average molecular weight is 722 g/mol. The van der Waals surface area contributed by atoms with Crippen LogP contribution >= 0.6 is 0 Å². The second kappa shape index (κ2) is 34.1. The van der Waals surface area contributed by atoms with Gasteiger partial charge in [0.15, 0.2) is 6.10 Å². The van der Waals surface area contributed by atoms with E-state index in [9.17, 15) is 19.5 Å². The molecule has 0 spiro atoms. The minimum absolute atomic E-state index is 0.00208. The lowest BCUT2D eigenvalue weighted by Gasteiger charge is -2.34. The van der Waals surface area contributed by atoms with Crippen LogP contribution in [-0.2, 0) is 28.6 Å². The number of ether oxygens (including phenoxy) is 3. The van der Waals surface area contributed by atoms with Gasteiger partial charge in [-0.15, -0.1) is 0 Å². The number of carbonyl (C=O) groups is 3. The van der Waals surface area contributed by atoms with E-state index in [-0.39, 0.29) is 55.5 Å². The quantitative estimate of drug-likeness (QED) is 0.0233. The molecular formula is C44H67NO7. The van der Waals surface area contributed by atoms with E-state index in [0.717, 1.165) is 51.4 Å². The van der Waals surface area contributed by atoms with Crippen LogP contribution in [0.4, 0.5) is 0 Å². The summed E-state index contributed by atoms with van der Waals surface area (Å²) in [5, 5.41) is 11.6. The van der Waals surface area contributed by atoms with Crippen LogP contribution in [0.2, 0.25) is 0 Å². The van der Waals surface area contributed by atoms with E-state index in [1.54, 1.807) is 21.1 Å². The van der Waals surface area contributed by atoms with Gasteiger partial charge in [-0.1, -0.05) is 130 Å². The topological polar surface area (TPSA) is 102 Å². The number of carboxylic acid groups (broad SMARTS) is 1. The van der Waals surface area contributed by atoms with Gasteiger partial charge in [-0.05, 0) is 57.8 Å². The fourth-order valence-corrected chi connectivity index (χ4v) is 4.65. The van der Waals surface area contributed by atoms with Gasteiger partial charge in [-0.25, -0.2) is 0 Å². The van der Waals surface area contributed by atoms with Crippen molar-refractivity contribution in [2.75, 3.05) is 41.0 Å². The summed E-state index contributed by atoms with van der Waals surface area (Å²) in [5.74, 6) is -1.89. The second-order valence-corrected chi connectivity index (χ2v) is 13.2. The predicted molar refractivity (Wildman–Crippen MR) is 212 cm³/mol. The van der Waals surface area contributed by atoms with E-state index in [2.05, 4.69) is 62.5 Å². The first-order valence-electron chi connectivity index (χ1n) is 19.0. The number of unbranched alkanes of at least 4 members (excludes halogenated alkanes) is 4. The van der Waals surface area contributed by atoms with Gasteiger partial charge in [0.1, 0.15) is 12.6 Å². The normalized spacial score (nSPS) is 14.2. The van der Waals surface area contributed by atoms with Crippen molar-refractivity contribution in [1.82, 2.24) is 0 Å². The first-order chi connectivity index (χ1) is 25.1. The van der Waals surface area contributed by atoms with Gasteiger partial charge in [-0.2, -0.15) is 0 Å². The highest BCUT2D eigenvalue weighted by Crippen LogP contribution is 2.10. The molecule has 0 N–H and O–H groups in total. The Morgan fingerprint density at radius 2 is 1.13 bits per heavy atom. The monoisotopic (exact) mass is 721 g/mol. The zero-order chi connectivity index (χ0) is 38.5. The molecule has 0 saturated heterocycles. The molecule has 2 atom stereocenters. The van der Waals surface area contributed by atoms with Crippen LogP contribution in [0.1, 0.15) is 97.3 Å². The smallest absolute Gasteiger partial charge is 0.306 e.